The summed E-state index contributed by atoms with van der Waals surface area (Å²) in [6, 6.07) is 0. The maximum Gasteiger partial charge on any atom is 0.336 e. The van der Waals surface area contributed by atoms with Gasteiger partial charge in [0.2, 0.25) is 0 Å². The zero-order valence-corrected chi connectivity index (χ0v) is 13.4. The molecular weight excluding hydrogens is 272 g/mol. The van der Waals surface area contributed by atoms with Crippen LogP contribution in [-0.4, -0.2) is 36.4 Å². The molecule has 0 spiro atoms. The summed E-state index contributed by atoms with van der Waals surface area (Å²) in [7, 11) is 1.30. The van der Waals surface area contributed by atoms with Crippen LogP contribution in [0.1, 0.15) is 52.9 Å². The van der Waals surface area contributed by atoms with E-state index in [4.69, 9.17) is 9.47 Å². The second-order valence-corrected chi connectivity index (χ2v) is 6.08. The Morgan fingerprint density at radius 1 is 1.24 bits per heavy atom. The Morgan fingerprint density at radius 2 is 1.81 bits per heavy atom. The molecule has 0 aliphatic heterocycles. The SMILES string of the molecule is CCOC(=O)/C(=C\C(C)(C)C(=O)OC)C1(O)CCCCC1. The lowest BCUT2D eigenvalue weighted by atomic mass is 9.76. The average molecular weight is 298 g/mol. The Kier molecular flexibility index (Phi) is 5.96. The summed E-state index contributed by atoms with van der Waals surface area (Å²) in [6.45, 7) is 5.26. The molecule has 1 N–H and O–H groups in total. The molecule has 0 radical (unpaired) electrons. The van der Waals surface area contributed by atoms with E-state index in [2.05, 4.69) is 0 Å². The standard InChI is InChI=1S/C16H26O5/c1-5-21-13(17)12(11-15(2,3)14(18)20-4)16(19)9-7-6-8-10-16/h11,19H,5-10H2,1-4H3/b12-11+. The van der Waals surface area contributed by atoms with Gasteiger partial charge in [0.05, 0.1) is 30.3 Å². The summed E-state index contributed by atoms with van der Waals surface area (Å²) >= 11 is 0. The normalized spacial score (nSPS) is 19.0. The molecule has 0 aromatic rings. The Balaban J connectivity index is 3.18. The largest absolute Gasteiger partial charge is 0.468 e. The minimum absolute atomic E-state index is 0.180. The number of hydrogen-bond acceptors (Lipinski definition) is 5. The van der Waals surface area contributed by atoms with Gasteiger partial charge in [0.1, 0.15) is 0 Å². The lowest BCUT2D eigenvalue weighted by Crippen LogP contribution is -2.39. The van der Waals surface area contributed by atoms with Crippen molar-refractivity contribution in [1.29, 1.82) is 0 Å². The van der Waals surface area contributed by atoms with Gasteiger partial charge in [-0.15, -0.1) is 0 Å². The number of carbonyl (C=O) groups excluding carboxylic acids is 2. The van der Waals surface area contributed by atoms with Crippen molar-refractivity contribution in [1.82, 2.24) is 0 Å². The van der Waals surface area contributed by atoms with E-state index in [1.54, 1.807) is 20.8 Å². The van der Waals surface area contributed by atoms with E-state index in [0.29, 0.717) is 12.8 Å². The monoisotopic (exact) mass is 298 g/mol. The molecule has 1 fully saturated rings. The van der Waals surface area contributed by atoms with Gasteiger partial charge in [-0.2, -0.15) is 0 Å². The van der Waals surface area contributed by atoms with Gasteiger partial charge in [0, 0.05) is 0 Å². The third-order valence-corrected chi connectivity index (χ3v) is 3.89. The van der Waals surface area contributed by atoms with E-state index in [-0.39, 0.29) is 12.2 Å². The van der Waals surface area contributed by atoms with Crippen molar-refractivity contribution < 1.29 is 24.2 Å². The van der Waals surface area contributed by atoms with Gasteiger partial charge in [-0.05, 0) is 33.6 Å². The number of rotatable bonds is 5. The molecule has 0 amide bonds. The minimum Gasteiger partial charge on any atom is -0.468 e. The zero-order valence-electron chi connectivity index (χ0n) is 13.4. The first-order valence-corrected chi connectivity index (χ1v) is 7.48. The van der Waals surface area contributed by atoms with Crippen molar-refractivity contribution in [2.24, 2.45) is 5.41 Å². The number of aliphatic hydroxyl groups is 1. The molecular formula is C16H26O5. The first kappa shape index (κ1) is 17.7. The third kappa shape index (κ3) is 4.30. The maximum atomic E-state index is 12.2. The van der Waals surface area contributed by atoms with Crippen molar-refractivity contribution >= 4 is 11.9 Å². The minimum atomic E-state index is -1.21. The summed E-state index contributed by atoms with van der Waals surface area (Å²) in [4.78, 5) is 24.1. The fourth-order valence-corrected chi connectivity index (χ4v) is 2.68. The van der Waals surface area contributed by atoms with Gasteiger partial charge in [0.25, 0.3) is 0 Å². The fraction of sp³-hybridized carbons (Fsp3) is 0.750. The molecule has 1 aliphatic carbocycles. The van der Waals surface area contributed by atoms with E-state index in [0.717, 1.165) is 19.3 Å². The smallest absolute Gasteiger partial charge is 0.336 e. The summed E-state index contributed by atoms with van der Waals surface area (Å²) in [5, 5.41) is 10.8. The molecule has 0 saturated heterocycles. The van der Waals surface area contributed by atoms with Gasteiger partial charge >= 0.3 is 11.9 Å². The topological polar surface area (TPSA) is 72.8 Å². The number of esters is 2. The number of ether oxygens (including phenoxy) is 2. The van der Waals surface area contributed by atoms with Gasteiger partial charge in [-0.1, -0.05) is 25.3 Å². The van der Waals surface area contributed by atoms with Crippen LogP contribution < -0.4 is 0 Å². The first-order chi connectivity index (χ1) is 9.77. The van der Waals surface area contributed by atoms with E-state index in [1.165, 1.54) is 13.2 Å². The molecule has 5 heteroatoms. The predicted molar refractivity (Wildman–Crippen MR) is 78.5 cm³/mol. The Labute approximate surface area is 126 Å². The van der Waals surface area contributed by atoms with E-state index >= 15 is 0 Å². The van der Waals surface area contributed by atoms with Crippen molar-refractivity contribution in [3.05, 3.63) is 11.6 Å². The Bertz CT molecular complexity index is 416. The van der Waals surface area contributed by atoms with Gasteiger partial charge < -0.3 is 14.6 Å². The number of carbonyl (C=O) groups is 2. The van der Waals surface area contributed by atoms with Crippen LogP contribution in [0.5, 0.6) is 0 Å². The molecule has 0 bridgehead atoms. The van der Waals surface area contributed by atoms with Crippen LogP contribution in [0.25, 0.3) is 0 Å². The van der Waals surface area contributed by atoms with Crippen molar-refractivity contribution in [3.63, 3.8) is 0 Å². The van der Waals surface area contributed by atoms with Crippen LogP contribution in [0, 0.1) is 5.41 Å². The van der Waals surface area contributed by atoms with Crippen LogP contribution in [0.3, 0.4) is 0 Å². The molecule has 0 aromatic heterocycles. The molecule has 21 heavy (non-hydrogen) atoms. The Morgan fingerprint density at radius 3 is 2.29 bits per heavy atom. The van der Waals surface area contributed by atoms with Crippen molar-refractivity contribution in [3.8, 4) is 0 Å². The van der Waals surface area contributed by atoms with E-state index < -0.39 is 23.0 Å². The number of methoxy groups -OCH3 is 1. The van der Waals surface area contributed by atoms with E-state index in [1.807, 2.05) is 0 Å². The number of hydrogen-bond donors (Lipinski definition) is 1. The molecule has 1 rings (SSSR count). The van der Waals surface area contributed by atoms with Crippen LogP contribution >= 0.6 is 0 Å². The summed E-state index contributed by atoms with van der Waals surface area (Å²) in [6.07, 6.45) is 5.27. The highest BCUT2D eigenvalue weighted by Crippen LogP contribution is 2.37. The highest BCUT2D eigenvalue weighted by molar-refractivity contribution is 5.92. The second-order valence-electron chi connectivity index (χ2n) is 6.08. The van der Waals surface area contributed by atoms with Crippen molar-refractivity contribution in [2.45, 2.75) is 58.5 Å². The first-order valence-electron chi connectivity index (χ1n) is 7.48. The molecule has 0 aromatic carbocycles. The highest BCUT2D eigenvalue weighted by Gasteiger charge is 2.40. The average Bonchev–Trinajstić information content (AvgIpc) is 2.44. The highest BCUT2D eigenvalue weighted by atomic mass is 16.5. The van der Waals surface area contributed by atoms with Gasteiger partial charge in [-0.25, -0.2) is 4.79 Å². The summed E-state index contributed by atoms with van der Waals surface area (Å²) in [5.41, 5.74) is -2.03. The van der Waals surface area contributed by atoms with Crippen LogP contribution in [0.15, 0.2) is 11.6 Å². The molecule has 1 aliphatic rings. The second kappa shape index (κ2) is 7.07. The predicted octanol–water partition coefficient (Wildman–Crippen LogP) is 2.37. The molecule has 5 nitrogen and oxygen atoms in total. The molecule has 0 atom stereocenters. The van der Waals surface area contributed by atoms with Gasteiger partial charge in [-0.3, -0.25) is 4.79 Å². The zero-order chi connectivity index (χ0) is 16.1. The molecule has 120 valence electrons. The quantitative estimate of drug-likeness (QED) is 0.623. The third-order valence-electron chi connectivity index (χ3n) is 3.89. The van der Waals surface area contributed by atoms with Crippen LogP contribution in [0.2, 0.25) is 0 Å². The lowest BCUT2D eigenvalue weighted by Gasteiger charge is -2.34. The van der Waals surface area contributed by atoms with Crippen LogP contribution in [-0.2, 0) is 19.1 Å². The maximum absolute atomic E-state index is 12.2. The molecule has 0 unspecified atom stereocenters. The molecule has 0 heterocycles. The fourth-order valence-electron chi connectivity index (χ4n) is 2.68. The Hall–Kier alpha value is -1.36. The molecule has 1 saturated carbocycles. The lowest BCUT2D eigenvalue weighted by molar-refractivity contribution is -0.148. The van der Waals surface area contributed by atoms with Crippen LogP contribution in [0.4, 0.5) is 0 Å². The van der Waals surface area contributed by atoms with Gasteiger partial charge in [0.15, 0.2) is 0 Å². The summed E-state index contributed by atoms with van der Waals surface area (Å²) < 4.78 is 9.82. The van der Waals surface area contributed by atoms with Crippen molar-refractivity contribution in [2.75, 3.05) is 13.7 Å². The van der Waals surface area contributed by atoms with E-state index in [9.17, 15) is 14.7 Å². The summed E-state index contributed by atoms with van der Waals surface area (Å²) in [5.74, 6) is -1.01.